The molecule has 182 valence electrons. The number of esters is 1. The van der Waals surface area contributed by atoms with Crippen molar-refractivity contribution in [2.24, 2.45) is 11.8 Å². The number of aromatic nitrogens is 6. The van der Waals surface area contributed by atoms with E-state index in [2.05, 4.69) is 47.6 Å². The van der Waals surface area contributed by atoms with E-state index in [0.717, 1.165) is 48.3 Å². The van der Waals surface area contributed by atoms with Crippen LogP contribution in [-0.2, 0) is 24.4 Å². The van der Waals surface area contributed by atoms with Crippen LogP contribution in [0.5, 0.6) is 0 Å². The highest BCUT2D eigenvalue weighted by Crippen LogP contribution is 2.17. The number of fused-ring (bicyclic) bond motifs is 2. The van der Waals surface area contributed by atoms with E-state index >= 15 is 0 Å². The number of carbonyl (C=O) groups excluding carboxylic acids is 1. The van der Waals surface area contributed by atoms with Gasteiger partial charge in [0.15, 0.2) is 11.3 Å². The first kappa shape index (κ1) is 25.3. The number of aryl methyl sites for hydroxylation is 2. The molecule has 0 aliphatic carbocycles. The smallest absolute Gasteiger partial charge is 0.374 e. The van der Waals surface area contributed by atoms with E-state index in [9.17, 15) is 9.90 Å². The Hall–Kier alpha value is -3.33. The Kier molecular flexibility index (Phi) is 8.70. The van der Waals surface area contributed by atoms with Crippen LogP contribution >= 0.6 is 0 Å². The lowest BCUT2D eigenvalue weighted by molar-refractivity contribution is 0.0581. The monoisotopic (exact) mass is 466 g/mol. The van der Waals surface area contributed by atoms with Gasteiger partial charge in [-0.1, -0.05) is 27.7 Å². The van der Waals surface area contributed by atoms with Crippen molar-refractivity contribution in [3.05, 3.63) is 48.3 Å². The van der Waals surface area contributed by atoms with Crippen LogP contribution in [0, 0.1) is 11.8 Å². The highest BCUT2D eigenvalue weighted by atomic mass is 16.5. The number of aliphatic hydroxyl groups excluding tert-OH is 1. The Morgan fingerprint density at radius 3 is 1.97 bits per heavy atom. The van der Waals surface area contributed by atoms with Gasteiger partial charge in [0.05, 0.1) is 7.11 Å². The zero-order valence-electron chi connectivity index (χ0n) is 20.6. The molecule has 0 aromatic carbocycles. The van der Waals surface area contributed by atoms with Gasteiger partial charge in [0.25, 0.3) is 0 Å². The Bertz CT molecular complexity index is 1230. The minimum absolute atomic E-state index is 0.0333. The van der Waals surface area contributed by atoms with Gasteiger partial charge in [-0.25, -0.2) is 24.7 Å². The zero-order chi connectivity index (χ0) is 24.7. The highest BCUT2D eigenvalue weighted by Gasteiger charge is 2.18. The Labute approximate surface area is 199 Å². The first-order chi connectivity index (χ1) is 16.3. The number of pyridine rings is 2. The Morgan fingerprint density at radius 2 is 1.44 bits per heavy atom. The molecule has 0 atom stereocenters. The SMILES string of the molecule is CC(C)CCn1c(CO)nc2cccnc21.COC(=O)c1nc2cccnc2n1CCC(C)C. The fraction of sp³-hybridized carbons (Fsp3) is 0.480. The van der Waals surface area contributed by atoms with Crippen molar-refractivity contribution in [1.82, 2.24) is 29.1 Å². The molecule has 0 bridgehead atoms. The molecule has 0 radical (unpaired) electrons. The molecule has 0 aliphatic heterocycles. The normalized spacial score (nSPS) is 11.3. The molecular formula is C25H34N6O3. The van der Waals surface area contributed by atoms with E-state index in [1.54, 1.807) is 12.4 Å². The summed E-state index contributed by atoms with van der Waals surface area (Å²) >= 11 is 0. The number of aliphatic hydroxyl groups is 1. The lowest BCUT2D eigenvalue weighted by Crippen LogP contribution is -2.13. The van der Waals surface area contributed by atoms with Gasteiger partial charge >= 0.3 is 5.97 Å². The van der Waals surface area contributed by atoms with Crippen molar-refractivity contribution >= 4 is 28.3 Å². The largest absolute Gasteiger partial charge is 0.463 e. The molecule has 4 rings (SSSR count). The number of nitrogens with zero attached hydrogens (tertiary/aromatic N) is 6. The second-order valence-electron chi connectivity index (χ2n) is 8.97. The van der Waals surface area contributed by atoms with E-state index < -0.39 is 5.97 Å². The summed E-state index contributed by atoms with van der Waals surface area (Å²) in [5.41, 5.74) is 3.18. The maximum atomic E-state index is 11.7. The molecule has 0 saturated heterocycles. The van der Waals surface area contributed by atoms with E-state index in [1.165, 1.54) is 7.11 Å². The summed E-state index contributed by atoms with van der Waals surface area (Å²) in [7, 11) is 1.36. The molecule has 9 heteroatoms. The number of methoxy groups -OCH3 is 1. The number of rotatable bonds is 8. The van der Waals surface area contributed by atoms with E-state index in [-0.39, 0.29) is 6.61 Å². The van der Waals surface area contributed by atoms with E-state index in [4.69, 9.17) is 4.74 Å². The van der Waals surface area contributed by atoms with E-state index in [0.29, 0.717) is 23.5 Å². The lowest BCUT2D eigenvalue weighted by atomic mass is 10.1. The third-order valence-corrected chi connectivity index (χ3v) is 5.46. The van der Waals surface area contributed by atoms with Crippen molar-refractivity contribution in [2.45, 2.75) is 60.2 Å². The van der Waals surface area contributed by atoms with Gasteiger partial charge in [0.1, 0.15) is 23.5 Å². The summed E-state index contributed by atoms with van der Waals surface area (Å²) in [6, 6.07) is 7.44. The van der Waals surface area contributed by atoms with Crippen molar-refractivity contribution in [3.63, 3.8) is 0 Å². The minimum Gasteiger partial charge on any atom is -0.463 e. The van der Waals surface area contributed by atoms with Crippen LogP contribution in [0.4, 0.5) is 0 Å². The number of hydrogen-bond donors (Lipinski definition) is 1. The lowest BCUT2D eigenvalue weighted by Gasteiger charge is -2.08. The second-order valence-corrected chi connectivity index (χ2v) is 8.97. The van der Waals surface area contributed by atoms with Crippen LogP contribution in [0.1, 0.15) is 57.0 Å². The van der Waals surface area contributed by atoms with Crippen LogP contribution in [0.2, 0.25) is 0 Å². The molecule has 0 fully saturated rings. The van der Waals surface area contributed by atoms with Gasteiger partial charge in [-0.2, -0.15) is 0 Å². The molecule has 34 heavy (non-hydrogen) atoms. The number of hydrogen-bond acceptors (Lipinski definition) is 7. The topological polar surface area (TPSA) is 108 Å². The fourth-order valence-electron chi connectivity index (χ4n) is 3.55. The summed E-state index contributed by atoms with van der Waals surface area (Å²) in [4.78, 5) is 29.0. The Balaban J connectivity index is 0.000000192. The zero-order valence-corrected chi connectivity index (χ0v) is 20.6. The summed E-state index contributed by atoms with van der Waals surface area (Å²) < 4.78 is 8.61. The molecule has 4 aromatic rings. The number of carbonyl (C=O) groups is 1. The van der Waals surface area contributed by atoms with Gasteiger partial charge in [0.2, 0.25) is 5.82 Å². The molecule has 4 heterocycles. The van der Waals surface area contributed by atoms with Crippen LogP contribution in [0.15, 0.2) is 36.7 Å². The van der Waals surface area contributed by atoms with Gasteiger partial charge < -0.3 is 19.0 Å². The van der Waals surface area contributed by atoms with Gasteiger partial charge in [0, 0.05) is 25.5 Å². The number of imidazole rings is 2. The third-order valence-electron chi connectivity index (χ3n) is 5.46. The molecule has 1 N–H and O–H groups in total. The maximum absolute atomic E-state index is 11.7. The summed E-state index contributed by atoms with van der Waals surface area (Å²) in [5.74, 6) is 1.79. The van der Waals surface area contributed by atoms with Crippen molar-refractivity contribution in [1.29, 1.82) is 0 Å². The standard InChI is InChI=1S/C13H17N3O2.C12H17N3O/c1-9(2)6-8-16-11-10(5-4-7-14-11)15-12(16)13(17)18-3;1-9(2)5-7-15-11(8-16)14-10-4-3-6-13-12(10)15/h4-5,7,9H,6,8H2,1-3H3;3-4,6,9,16H,5,7-8H2,1-2H3. The minimum atomic E-state index is -0.420. The molecule has 0 spiro atoms. The van der Waals surface area contributed by atoms with Crippen molar-refractivity contribution in [2.75, 3.05) is 7.11 Å². The van der Waals surface area contributed by atoms with Gasteiger partial charge in [-0.3, -0.25) is 0 Å². The van der Waals surface area contributed by atoms with Crippen LogP contribution in [0.25, 0.3) is 22.3 Å². The molecule has 9 nitrogen and oxygen atoms in total. The fourth-order valence-corrected chi connectivity index (χ4v) is 3.55. The quantitative estimate of drug-likeness (QED) is 0.387. The molecule has 0 amide bonds. The molecule has 4 aromatic heterocycles. The summed E-state index contributed by atoms with van der Waals surface area (Å²) in [6.07, 6.45) is 5.50. The van der Waals surface area contributed by atoms with E-state index in [1.807, 2.05) is 33.4 Å². The predicted octanol–water partition coefficient (Wildman–Crippen LogP) is 4.23. The Morgan fingerprint density at radius 1 is 0.912 bits per heavy atom. The average molecular weight is 467 g/mol. The number of ether oxygens (including phenoxy) is 1. The molecule has 0 aliphatic rings. The van der Waals surface area contributed by atoms with Gasteiger partial charge in [-0.15, -0.1) is 0 Å². The molecule has 0 unspecified atom stereocenters. The van der Waals surface area contributed by atoms with Crippen LogP contribution in [-0.4, -0.2) is 47.3 Å². The van der Waals surface area contributed by atoms with Crippen molar-refractivity contribution in [3.8, 4) is 0 Å². The maximum Gasteiger partial charge on any atom is 0.374 e. The molecule has 0 saturated carbocycles. The van der Waals surface area contributed by atoms with Crippen LogP contribution in [0.3, 0.4) is 0 Å². The first-order valence-electron chi connectivity index (χ1n) is 11.7. The highest BCUT2D eigenvalue weighted by molar-refractivity contribution is 5.90. The summed E-state index contributed by atoms with van der Waals surface area (Å²) in [5, 5.41) is 9.27. The summed E-state index contributed by atoms with van der Waals surface area (Å²) in [6.45, 7) is 10.2. The average Bonchev–Trinajstić information content (AvgIpc) is 3.39. The predicted molar refractivity (Wildman–Crippen MR) is 131 cm³/mol. The molecular weight excluding hydrogens is 432 g/mol. The van der Waals surface area contributed by atoms with Crippen molar-refractivity contribution < 1.29 is 14.6 Å². The van der Waals surface area contributed by atoms with Gasteiger partial charge in [-0.05, 0) is 48.9 Å². The first-order valence-corrected chi connectivity index (χ1v) is 11.7. The second kappa shape index (κ2) is 11.7. The third kappa shape index (κ3) is 5.96. The van der Waals surface area contributed by atoms with Crippen LogP contribution < -0.4 is 0 Å².